The quantitative estimate of drug-likeness (QED) is 0.842. The Morgan fingerprint density at radius 3 is 2.20 bits per heavy atom. The average Bonchev–Trinajstić information content (AvgIpc) is 3.14. The molecule has 0 bridgehead atoms. The summed E-state index contributed by atoms with van der Waals surface area (Å²) in [6, 6.07) is 14.4. The van der Waals surface area contributed by atoms with Gasteiger partial charge in [-0.2, -0.15) is 0 Å². The molecule has 156 valence electrons. The number of rotatable bonds is 3. The van der Waals surface area contributed by atoms with E-state index in [1.54, 1.807) is 20.8 Å². The molecule has 2 aliphatic rings. The van der Waals surface area contributed by atoms with Crippen molar-refractivity contribution >= 4 is 23.5 Å². The first-order valence-corrected chi connectivity index (χ1v) is 10.0. The molecule has 2 saturated heterocycles. The molecule has 2 fully saturated rings. The third-order valence-corrected chi connectivity index (χ3v) is 5.53. The predicted molar refractivity (Wildman–Crippen MR) is 110 cm³/mol. The zero-order valence-corrected chi connectivity index (χ0v) is 16.5. The summed E-state index contributed by atoms with van der Waals surface area (Å²) >= 11 is 0. The number of piperazine rings is 1. The summed E-state index contributed by atoms with van der Waals surface area (Å²) in [5.74, 6) is -1.05. The second kappa shape index (κ2) is 8.52. The molecule has 2 aliphatic heterocycles. The van der Waals surface area contributed by atoms with Crippen LogP contribution < -0.4 is 10.2 Å². The van der Waals surface area contributed by atoms with Gasteiger partial charge in [0.15, 0.2) is 0 Å². The molecule has 0 saturated carbocycles. The maximum Gasteiger partial charge on any atom is 0.318 e. The van der Waals surface area contributed by atoms with E-state index in [0.29, 0.717) is 39.1 Å². The van der Waals surface area contributed by atoms with Crippen molar-refractivity contribution in [2.75, 3.05) is 37.6 Å². The van der Waals surface area contributed by atoms with Gasteiger partial charge in [-0.25, -0.2) is 9.18 Å². The van der Waals surface area contributed by atoms with Gasteiger partial charge in [0.25, 0.3) is 5.91 Å². The van der Waals surface area contributed by atoms with Crippen LogP contribution in [0.4, 0.5) is 14.9 Å². The Hall–Kier alpha value is -3.42. The van der Waals surface area contributed by atoms with Crippen LogP contribution in [-0.2, 0) is 4.79 Å². The van der Waals surface area contributed by atoms with Crippen LogP contribution >= 0.6 is 0 Å². The van der Waals surface area contributed by atoms with E-state index in [1.165, 1.54) is 18.2 Å². The van der Waals surface area contributed by atoms with Crippen LogP contribution in [0.3, 0.4) is 0 Å². The molecule has 1 atom stereocenters. The number of hydrogen-bond donors (Lipinski definition) is 1. The lowest BCUT2D eigenvalue weighted by Gasteiger charge is -2.35. The summed E-state index contributed by atoms with van der Waals surface area (Å²) in [4.78, 5) is 42.6. The summed E-state index contributed by atoms with van der Waals surface area (Å²) in [6.45, 7) is 1.84. The lowest BCUT2D eigenvalue weighted by Crippen LogP contribution is -2.55. The van der Waals surface area contributed by atoms with Crippen LogP contribution in [0.15, 0.2) is 54.6 Å². The molecular weight excluding hydrogens is 387 g/mol. The molecule has 4 rings (SSSR count). The van der Waals surface area contributed by atoms with Gasteiger partial charge >= 0.3 is 6.03 Å². The third kappa shape index (κ3) is 3.98. The number of para-hydroxylation sites is 1. The number of benzene rings is 2. The highest BCUT2D eigenvalue weighted by Gasteiger charge is 2.35. The number of urea groups is 1. The molecule has 8 heteroatoms. The van der Waals surface area contributed by atoms with Crippen molar-refractivity contribution in [3.05, 3.63) is 66.0 Å². The van der Waals surface area contributed by atoms with E-state index in [4.69, 9.17) is 0 Å². The summed E-state index contributed by atoms with van der Waals surface area (Å²) in [5.41, 5.74) is 0.854. The zero-order chi connectivity index (χ0) is 21.1. The molecule has 0 radical (unpaired) electrons. The Kier molecular flexibility index (Phi) is 5.65. The highest BCUT2D eigenvalue weighted by atomic mass is 19.1. The molecular formula is C22H23FN4O3. The standard InChI is InChI=1S/C22H23FN4O3/c23-18-9-5-4-8-17(18)20(28)25-12-14-26(15-13-25)22(30)24-19-10-11-27(21(19)29)16-6-2-1-3-7-16/h1-9,19H,10-15H2,(H,24,30). The first-order chi connectivity index (χ1) is 14.5. The summed E-state index contributed by atoms with van der Waals surface area (Å²) in [5, 5.41) is 2.82. The van der Waals surface area contributed by atoms with Crippen molar-refractivity contribution in [2.45, 2.75) is 12.5 Å². The monoisotopic (exact) mass is 410 g/mol. The highest BCUT2D eigenvalue weighted by Crippen LogP contribution is 2.21. The van der Waals surface area contributed by atoms with Crippen LogP contribution in [0.1, 0.15) is 16.8 Å². The van der Waals surface area contributed by atoms with E-state index < -0.39 is 11.9 Å². The van der Waals surface area contributed by atoms with Gasteiger partial charge in [-0.1, -0.05) is 30.3 Å². The number of anilines is 1. The molecule has 1 N–H and O–H groups in total. The number of carbonyl (C=O) groups is 3. The molecule has 30 heavy (non-hydrogen) atoms. The molecule has 0 aromatic heterocycles. The fraction of sp³-hybridized carbons (Fsp3) is 0.318. The lowest BCUT2D eigenvalue weighted by atomic mass is 10.1. The summed E-state index contributed by atoms with van der Waals surface area (Å²) in [6.07, 6.45) is 0.547. The van der Waals surface area contributed by atoms with Gasteiger partial charge in [-0.15, -0.1) is 0 Å². The van der Waals surface area contributed by atoms with Crippen LogP contribution in [0.25, 0.3) is 0 Å². The predicted octanol–water partition coefficient (Wildman–Crippen LogP) is 2.10. The highest BCUT2D eigenvalue weighted by molar-refractivity contribution is 6.01. The van der Waals surface area contributed by atoms with E-state index >= 15 is 0 Å². The molecule has 2 aromatic rings. The van der Waals surface area contributed by atoms with Crippen LogP contribution in [0, 0.1) is 5.82 Å². The van der Waals surface area contributed by atoms with Crippen LogP contribution in [0.2, 0.25) is 0 Å². The van der Waals surface area contributed by atoms with Crippen molar-refractivity contribution in [3.8, 4) is 0 Å². The SMILES string of the molecule is O=C(NC1CCN(c2ccccc2)C1=O)N1CCN(C(=O)c2ccccc2F)CC1. The number of nitrogens with one attached hydrogen (secondary N) is 1. The van der Waals surface area contributed by atoms with Crippen LogP contribution in [-0.4, -0.2) is 66.4 Å². The van der Waals surface area contributed by atoms with E-state index in [0.717, 1.165) is 5.69 Å². The first-order valence-electron chi connectivity index (χ1n) is 10.0. The Labute approximate surface area is 174 Å². The largest absolute Gasteiger partial charge is 0.335 e. The smallest absolute Gasteiger partial charge is 0.318 e. The second-order valence-electron chi connectivity index (χ2n) is 7.38. The Morgan fingerprint density at radius 1 is 0.867 bits per heavy atom. The van der Waals surface area contributed by atoms with Gasteiger partial charge < -0.3 is 20.0 Å². The average molecular weight is 410 g/mol. The van der Waals surface area contributed by atoms with Crippen molar-refractivity contribution in [2.24, 2.45) is 0 Å². The first kappa shape index (κ1) is 19.9. The fourth-order valence-electron chi connectivity index (χ4n) is 3.84. The van der Waals surface area contributed by atoms with Gasteiger partial charge in [0.2, 0.25) is 5.91 Å². The van der Waals surface area contributed by atoms with Crippen molar-refractivity contribution in [1.82, 2.24) is 15.1 Å². The van der Waals surface area contributed by atoms with Crippen molar-refractivity contribution < 1.29 is 18.8 Å². The third-order valence-electron chi connectivity index (χ3n) is 5.53. The molecule has 0 aliphatic carbocycles. The van der Waals surface area contributed by atoms with E-state index in [9.17, 15) is 18.8 Å². The molecule has 1 unspecified atom stereocenters. The zero-order valence-electron chi connectivity index (χ0n) is 16.5. The fourth-order valence-corrected chi connectivity index (χ4v) is 3.84. The van der Waals surface area contributed by atoms with Crippen molar-refractivity contribution in [3.63, 3.8) is 0 Å². The maximum absolute atomic E-state index is 13.9. The van der Waals surface area contributed by atoms with Gasteiger partial charge in [0, 0.05) is 38.4 Å². The number of carbonyl (C=O) groups excluding carboxylic acids is 3. The number of hydrogen-bond acceptors (Lipinski definition) is 3. The Balaban J connectivity index is 1.30. The summed E-state index contributed by atoms with van der Waals surface area (Å²) < 4.78 is 13.9. The van der Waals surface area contributed by atoms with E-state index in [-0.39, 0.29) is 23.4 Å². The molecule has 0 spiro atoms. The Bertz CT molecular complexity index is 944. The summed E-state index contributed by atoms with van der Waals surface area (Å²) in [7, 11) is 0. The normalized spacial score (nSPS) is 19.2. The molecule has 2 aromatic carbocycles. The van der Waals surface area contributed by atoms with Gasteiger partial charge in [0.1, 0.15) is 11.9 Å². The van der Waals surface area contributed by atoms with Gasteiger partial charge in [0.05, 0.1) is 5.56 Å². The van der Waals surface area contributed by atoms with E-state index in [2.05, 4.69) is 5.32 Å². The van der Waals surface area contributed by atoms with Crippen LogP contribution in [0.5, 0.6) is 0 Å². The van der Waals surface area contributed by atoms with Gasteiger partial charge in [-0.3, -0.25) is 9.59 Å². The lowest BCUT2D eigenvalue weighted by molar-refractivity contribution is -0.118. The molecule has 2 heterocycles. The minimum absolute atomic E-state index is 0.0351. The minimum atomic E-state index is -0.559. The Morgan fingerprint density at radius 2 is 1.50 bits per heavy atom. The van der Waals surface area contributed by atoms with Crippen molar-refractivity contribution in [1.29, 1.82) is 0 Å². The topological polar surface area (TPSA) is 73.0 Å². The van der Waals surface area contributed by atoms with E-state index in [1.807, 2.05) is 30.3 Å². The minimum Gasteiger partial charge on any atom is -0.335 e. The number of halogens is 1. The second-order valence-corrected chi connectivity index (χ2v) is 7.38. The number of nitrogens with zero attached hydrogens (tertiary/aromatic N) is 3. The molecule has 7 nitrogen and oxygen atoms in total. The van der Waals surface area contributed by atoms with Gasteiger partial charge in [-0.05, 0) is 30.7 Å². The number of amides is 4. The maximum atomic E-state index is 13.9. The molecule has 4 amide bonds.